The van der Waals surface area contributed by atoms with Crippen molar-refractivity contribution in [2.75, 3.05) is 0 Å². The minimum atomic E-state index is -2.16. The standard InChI is InChI=1S/C8H16O6/c1-4(10)5(11)6(12)7(13)8(2,14)3-9/h3-7,10-14H,1-2H3/t4?,5-,6-,7+,8+/m1/s1. The van der Waals surface area contributed by atoms with Gasteiger partial charge in [0.2, 0.25) is 0 Å². The van der Waals surface area contributed by atoms with Gasteiger partial charge in [-0.05, 0) is 13.8 Å². The highest BCUT2D eigenvalue weighted by Crippen LogP contribution is 2.14. The first-order chi connectivity index (χ1) is 6.24. The molecular formula is C8H16O6. The van der Waals surface area contributed by atoms with Crippen molar-refractivity contribution in [1.29, 1.82) is 0 Å². The van der Waals surface area contributed by atoms with E-state index in [1.54, 1.807) is 0 Å². The van der Waals surface area contributed by atoms with E-state index in [1.165, 1.54) is 6.92 Å². The molecule has 5 atom stereocenters. The summed E-state index contributed by atoms with van der Waals surface area (Å²) < 4.78 is 0. The zero-order valence-electron chi connectivity index (χ0n) is 8.03. The Morgan fingerprint density at radius 1 is 1.14 bits per heavy atom. The van der Waals surface area contributed by atoms with E-state index in [-0.39, 0.29) is 6.29 Å². The van der Waals surface area contributed by atoms with Crippen molar-refractivity contribution in [3.63, 3.8) is 0 Å². The summed E-state index contributed by atoms with van der Waals surface area (Å²) in [6, 6.07) is 0. The average Bonchev–Trinajstić information content (AvgIpc) is 2.14. The molecule has 0 spiro atoms. The maximum Gasteiger partial charge on any atom is 0.154 e. The van der Waals surface area contributed by atoms with E-state index in [0.717, 1.165) is 6.92 Å². The highest BCUT2D eigenvalue weighted by Gasteiger charge is 2.39. The molecule has 0 aliphatic rings. The predicted molar refractivity (Wildman–Crippen MR) is 46.4 cm³/mol. The van der Waals surface area contributed by atoms with Crippen LogP contribution in [-0.2, 0) is 4.79 Å². The van der Waals surface area contributed by atoms with Gasteiger partial charge in [0.25, 0.3) is 0 Å². The van der Waals surface area contributed by atoms with Crippen LogP contribution in [0.5, 0.6) is 0 Å². The molecule has 0 aromatic carbocycles. The Morgan fingerprint density at radius 3 is 1.86 bits per heavy atom. The Bertz CT molecular complexity index is 190. The summed E-state index contributed by atoms with van der Waals surface area (Å²) in [5.74, 6) is 0. The summed E-state index contributed by atoms with van der Waals surface area (Å²) in [4.78, 5) is 10.3. The summed E-state index contributed by atoms with van der Waals surface area (Å²) in [6.07, 6.45) is -6.51. The van der Waals surface area contributed by atoms with Crippen LogP contribution in [0.3, 0.4) is 0 Å². The number of aliphatic hydroxyl groups excluding tert-OH is 4. The van der Waals surface area contributed by atoms with Gasteiger partial charge in [0, 0.05) is 0 Å². The molecule has 0 aromatic heterocycles. The van der Waals surface area contributed by atoms with Gasteiger partial charge in [-0.15, -0.1) is 0 Å². The van der Waals surface area contributed by atoms with E-state index in [4.69, 9.17) is 10.2 Å². The van der Waals surface area contributed by atoms with Crippen LogP contribution >= 0.6 is 0 Å². The molecular weight excluding hydrogens is 192 g/mol. The number of carbonyl (C=O) groups is 1. The number of rotatable bonds is 5. The van der Waals surface area contributed by atoms with Gasteiger partial charge in [-0.1, -0.05) is 0 Å². The molecule has 0 saturated heterocycles. The first kappa shape index (κ1) is 13.5. The monoisotopic (exact) mass is 208 g/mol. The molecule has 14 heavy (non-hydrogen) atoms. The third kappa shape index (κ3) is 3.00. The Labute approximate surface area is 81.4 Å². The van der Waals surface area contributed by atoms with Crippen molar-refractivity contribution in [2.24, 2.45) is 0 Å². The van der Waals surface area contributed by atoms with Gasteiger partial charge in [-0.3, -0.25) is 0 Å². The van der Waals surface area contributed by atoms with Crippen molar-refractivity contribution in [3.05, 3.63) is 0 Å². The Hall–Kier alpha value is -0.530. The highest BCUT2D eigenvalue weighted by atomic mass is 16.4. The normalized spacial score (nSPS) is 24.5. The summed E-state index contributed by atoms with van der Waals surface area (Å²) in [5.41, 5.74) is -2.16. The van der Waals surface area contributed by atoms with Crippen molar-refractivity contribution in [1.82, 2.24) is 0 Å². The second kappa shape index (κ2) is 4.81. The molecule has 0 aromatic rings. The molecule has 0 radical (unpaired) electrons. The van der Waals surface area contributed by atoms with Gasteiger partial charge in [0.1, 0.15) is 23.9 Å². The van der Waals surface area contributed by atoms with E-state index in [2.05, 4.69) is 0 Å². The van der Waals surface area contributed by atoms with Gasteiger partial charge in [0.05, 0.1) is 6.10 Å². The van der Waals surface area contributed by atoms with Gasteiger partial charge < -0.3 is 30.3 Å². The molecule has 5 N–H and O–H groups in total. The third-order valence-corrected chi connectivity index (χ3v) is 2.01. The van der Waals surface area contributed by atoms with Gasteiger partial charge in [0.15, 0.2) is 6.29 Å². The van der Waals surface area contributed by atoms with Crippen LogP contribution < -0.4 is 0 Å². The molecule has 1 unspecified atom stereocenters. The van der Waals surface area contributed by atoms with E-state index in [9.17, 15) is 20.1 Å². The lowest BCUT2D eigenvalue weighted by atomic mass is 9.92. The molecule has 0 fully saturated rings. The maximum atomic E-state index is 10.3. The topological polar surface area (TPSA) is 118 Å². The number of aliphatic hydroxyl groups is 5. The fraction of sp³-hybridized carbons (Fsp3) is 0.875. The fourth-order valence-corrected chi connectivity index (χ4v) is 0.888. The zero-order chi connectivity index (χ0) is 11.5. The SMILES string of the molecule is CC(O)[C@@H](O)[C@@H](O)[C@H](O)[C@@](C)(O)C=O. The van der Waals surface area contributed by atoms with Crippen molar-refractivity contribution in [3.8, 4) is 0 Å². The molecule has 0 heterocycles. The summed E-state index contributed by atoms with van der Waals surface area (Å²) in [7, 11) is 0. The second-order valence-electron chi connectivity index (χ2n) is 3.51. The minimum absolute atomic E-state index is 0.0512. The summed E-state index contributed by atoms with van der Waals surface area (Å²) >= 11 is 0. The van der Waals surface area contributed by atoms with Gasteiger partial charge in [-0.2, -0.15) is 0 Å². The fourth-order valence-electron chi connectivity index (χ4n) is 0.888. The maximum absolute atomic E-state index is 10.3. The molecule has 0 amide bonds. The van der Waals surface area contributed by atoms with Crippen LogP contribution in [0, 0.1) is 0 Å². The number of carbonyl (C=O) groups excluding carboxylic acids is 1. The van der Waals surface area contributed by atoms with E-state index < -0.39 is 30.0 Å². The molecule has 0 saturated carbocycles. The largest absolute Gasteiger partial charge is 0.391 e. The van der Waals surface area contributed by atoms with Crippen molar-refractivity contribution >= 4 is 6.29 Å². The predicted octanol–water partition coefficient (Wildman–Crippen LogP) is -2.60. The molecule has 6 heteroatoms. The lowest BCUT2D eigenvalue weighted by Gasteiger charge is -2.31. The molecule has 0 aliphatic heterocycles. The Kier molecular flexibility index (Phi) is 4.63. The molecule has 0 rings (SSSR count). The van der Waals surface area contributed by atoms with Gasteiger partial charge in [-0.25, -0.2) is 0 Å². The molecule has 0 aliphatic carbocycles. The quantitative estimate of drug-likeness (QED) is 0.316. The Balaban J connectivity index is 4.53. The first-order valence-corrected chi connectivity index (χ1v) is 4.15. The lowest BCUT2D eigenvalue weighted by Crippen LogP contribution is -2.54. The summed E-state index contributed by atoms with van der Waals surface area (Å²) in [6.45, 7) is 2.19. The van der Waals surface area contributed by atoms with Crippen molar-refractivity contribution in [2.45, 2.75) is 43.9 Å². The van der Waals surface area contributed by atoms with Crippen LogP contribution in [0.25, 0.3) is 0 Å². The van der Waals surface area contributed by atoms with Crippen LogP contribution in [0.15, 0.2) is 0 Å². The molecule has 0 bridgehead atoms. The van der Waals surface area contributed by atoms with Gasteiger partial charge >= 0.3 is 0 Å². The van der Waals surface area contributed by atoms with Crippen LogP contribution in [0.2, 0.25) is 0 Å². The Morgan fingerprint density at radius 2 is 1.57 bits per heavy atom. The zero-order valence-corrected chi connectivity index (χ0v) is 8.03. The second-order valence-corrected chi connectivity index (χ2v) is 3.51. The number of aldehydes is 1. The molecule has 6 nitrogen and oxygen atoms in total. The smallest absolute Gasteiger partial charge is 0.154 e. The van der Waals surface area contributed by atoms with E-state index >= 15 is 0 Å². The van der Waals surface area contributed by atoms with Crippen molar-refractivity contribution < 1.29 is 30.3 Å². The lowest BCUT2D eigenvalue weighted by molar-refractivity contribution is -0.165. The first-order valence-electron chi connectivity index (χ1n) is 4.15. The minimum Gasteiger partial charge on any atom is -0.391 e. The average molecular weight is 208 g/mol. The number of hydrogen-bond donors (Lipinski definition) is 5. The number of hydrogen-bond acceptors (Lipinski definition) is 6. The third-order valence-electron chi connectivity index (χ3n) is 2.01. The highest BCUT2D eigenvalue weighted by molar-refractivity contribution is 5.62. The van der Waals surface area contributed by atoms with E-state index in [1.807, 2.05) is 0 Å². The van der Waals surface area contributed by atoms with E-state index in [0.29, 0.717) is 0 Å². The van der Waals surface area contributed by atoms with Crippen LogP contribution in [0.4, 0.5) is 0 Å². The van der Waals surface area contributed by atoms with Crippen LogP contribution in [-0.4, -0.2) is 61.8 Å². The molecule has 84 valence electrons. The van der Waals surface area contributed by atoms with Crippen LogP contribution in [0.1, 0.15) is 13.8 Å². The summed E-state index contributed by atoms with van der Waals surface area (Å²) in [5, 5.41) is 45.8.